The molecule has 5 nitrogen and oxygen atoms in total. The molecule has 1 aromatic carbocycles. The van der Waals surface area contributed by atoms with Gasteiger partial charge in [-0.25, -0.2) is 9.37 Å². The van der Waals surface area contributed by atoms with E-state index in [1.54, 1.807) is 30.5 Å². The Morgan fingerprint density at radius 3 is 2.79 bits per heavy atom. The zero-order chi connectivity index (χ0) is 19.9. The first-order valence-corrected chi connectivity index (χ1v) is 10.9. The van der Waals surface area contributed by atoms with Crippen molar-refractivity contribution in [1.29, 1.82) is 0 Å². The molecule has 2 aromatic rings. The molecule has 1 saturated heterocycles. The average molecular weight is 424 g/mol. The Kier molecular flexibility index (Phi) is 7.65. The van der Waals surface area contributed by atoms with Crippen LogP contribution in [0.1, 0.15) is 41.3 Å². The molecule has 8 heteroatoms. The van der Waals surface area contributed by atoms with Gasteiger partial charge in [0, 0.05) is 35.3 Å². The van der Waals surface area contributed by atoms with E-state index >= 15 is 0 Å². The molecule has 0 spiro atoms. The number of aliphatic imine (C=N–C) groups is 1. The smallest absolute Gasteiger partial charge is 0.191 e. The Morgan fingerprint density at radius 2 is 2.14 bits per heavy atom. The third-order valence-electron chi connectivity index (χ3n) is 4.96. The molecule has 2 heterocycles. The van der Waals surface area contributed by atoms with Gasteiger partial charge in [0.1, 0.15) is 10.8 Å². The van der Waals surface area contributed by atoms with Crippen LogP contribution in [0.3, 0.4) is 0 Å². The first kappa shape index (κ1) is 21.0. The van der Waals surface area contributed by atoms with Crippen LogP contribution in [0.15, 0.2) is 29.4 Å². The zero-order valence-electron chi connectivity index (χ0n) is 16.3. The van der Waals surface area contributed by atoms with Gasteiger partial charge >= 0.3 is 0 Å². The summed E-state index contributed by atoms with van der Waals surface area (Å²) in [4.78, 5) is 12.3. The summed E-state index contributed by atoms with van der Waals surface area (Å²) in [6.07, 6.45) is 5.16. The first-order chi connectivity index (χ1) is 13.6. The lowest BCUT2D eigenvalue weighted by Gasteiger charge is -2.29. The van der Waals surface area contributed by atoms with Crippen molar-refractivity contribution in [2.75, 3.05) is 26.7 Å². The molecule has 0 bridgehead atoms. The number of nitrogens with one attached hydrogen (secondary N) is 2. The molecule has 1 atom stereocenters. The fourth-order valence-electron chi connectivity index (χ4n) is 3.46. The number of hydrogen-bond donors (Lipinski definition) is 2. The SMILES string of the molecule is CCc1cnc(CNC(=NC)NCC(c2c(F)cccc2Cl)N2CCCC2)s1. The predicted octanol–water partition coefficient (Wildman–Crippen LogP) is 4.00. The van der Waals surface area contributed by atoms with E-state index < -0.39 is 0 Å². The zero-order valence-corrected chi connectivity index (χ0v) is 17.9. The fraction of sp³-hybridized carbons (Fsp3) is 0.500. The average Bonchev–Trinajstić information content (AvgIpc) is 3.38. The molecule has 1 aliphatic rings. The second kappa shape index (κ2) is 10.2. The maximum absolute atomic E-state index is 14.6. The molecule has 2 N–H and O–H groups in total. The van der Waals surface area contributed by atoms with Crippen LogP contribution in [0.2, 0.25) is 5.02 Å². The summed E-state index contributed by atoms with van der Waals surface area (Å²) in [7, 11) is 1.73. The Morgan fingerprint density at radius 1 is 1.36 bits per heavy atom. The lowest BCUT2D eigenvalue weighted by Crippen LogP contribution is -2.42. The molecule has 3 rings (SSSR count). The van der Waals surface area contributed by atoms with E-state index in [0.717, 1.165) is 37.4 Å². The highest BCUT2D eigenvalue weighted by molar-refractivity contribution is 7.11. The minimum absolute atomic E-state index is 0.138. The van der Waals surface area contributed by atoms with Gasteiger partial charge in [0.15, 0.2) is 5.96 Å². The summed E-state index contributed by atoms with van der Waals surface area (Å²) >= 11 is 8.06. The number of halogens is 2. The standard InChI is InChI=1S/C20H27ClFN5S/c1-3-14-11-24-18(28-14)13-26-20(23-2)25-12-17(27-9-4-5-10-27)19-15(21)7-6-8-16(19)22/h6-8,11,17H,3-5,9-10,12-13H2,1-2H3,(H2,23,25,26). The molecule has 1 aromatic heterocycles. The van der Waals surface area contributed by atoms with Gasteiger partial charge in [0.2, 0.25) is 0 Å². The topological polar surface area (TPSA) is 52.6 Å². The number of benzene rings is 1. The lowest BCUT2D eigenvalue weighted by atomic mass is 10.0. The van der Waals surface area contributed by atoms with Gasteiger partial charge in [-0.2, -0.15) is 0 Å². The van der Waals surface area contributed by atoms with Gasteiger partial charge < -0.3 is 10.6 Å². The second-order valence-electron chi connectivity index (χ2n) is 6.77. The number of rotatable bonds is 7. The maximum Gasteiger partial charge on any atom is 0.191 e. The van der Waals surface area contributed by atoms with Gasteiger partial charge in [-0.15, -0.1) is 11.3 Å². The van der Waals surface area contributed by atoms with E-state index in [1.807, 2.05) is 6.20 Å². The number of nitrogens with zero attached hydrogens (tertiary/aromatic N) is 3. The third kappa shape index (κ3) is 5.21. The van der Waals surface area contributed by atoms with E-state index in [0.29, 0.717) is 29.6 Å². The molecule has 0 amide bonds. The highest BCUT2D eigenvalue weighted by Crippen LogP contribution is 2.31. The molecule has 0 aliphatic carbocycles. The molecular formula is C20H27ClFN5S. The van der Waals surface area contributed by atoms with Crippen molar-refractivity contribution in [3.63, 3.8) is 0 Å². The molecule has 152 valence electrons. The highest BCUT2D eigenvalue weighted by Gasteiger charge is 2.27. The van der Waals surface area contributed by atoms with Crippen molar-refractivity contribution in [3.8, 4) is 0 Å². The van der Waals surface area contributed by atoms with E-state index in [-0.39, 0.29) is 11.9 Å². The van der Waals surface area contributed by atoms with Gasteiger partial charge in [0.25, 0.3) is 0 Å². The van der Waals surface area contributed by atoms with Crippen LogP contribution >= 0.6 is 22.9 Å². The first-order valence-electron chi connectivity index (χ1n) is 9.68. The van der Waals surface area contributed by atoms with Crippen LogP contribution in [0.25, 0.3) is 0 Å². The molecule has 0 saturated carbocycles. The highest BCUT2D eigenvalue weighted by atomic mass is 35.5. The summed E-state index contributed by atoms with van der Waals surface area (Å²) in [6.45, 7) is 5.15. The molecular weight excluding hydrogens is 397 g/mol. The van der Waals surface area contributed by atoms with Gasteiger partial charge in [-0.1, -0.05) is 24.6 Å². The van der Waals surface area contributed by atoms with Crippen molar-refractivity contribution < 1.29 is 4.39 Å². The Labute approximate surface area is 175 Å². The van der Waals surface area contributed by atoms with Crippen LogP contribution in [0, 0.1) is 5.82 Å². The van der Waals surface area contributed by atoms with Crippen LogP contribution < -0.4 is 10.6 Å². The second-order valence-corrected chi connectivity index (χ2v) is 8.38. The van der Waals surface area contributed by atoms with Crippen LogP contribution in [0.5, 0.6) is 0 Å². The number of guanidine groups is 1. The predicted molar refractivity (Wildman–Crippen MR) is 115 cm³/mol. The van der Waals surface area contributed by atoms with Gasteiger partial charge in [0.05, 0.1) is 12.6 Å². The normalized spacial score (nSPS) is 16.4. The quantitative estimate of drug-likeness (QED) is 0.522. The summed E-state index contributed by atoms with van der Waals surface area (Å²) < 4.78 is 14.6. The minimum atomic E-state index is -0.260. The van der Waals surface area contributed by atoms with Crippen LogP contribution in [0.4, 0.5) is 4.39 Å². The number of thiazole rings is 1. The van der Waals surface area contributed by atoms with Gasteiger partial charge in [-0.3, -0.25) is 9.89 Å². The number of aromatic nitrogens is 1. The van der Waals surface area contributed by atoms with E-state index in [9.17, 15) is 4.39 Å². The third-order valence-corrected chi connectivity index (χ3v) is 6.43. The van der Waals surface area contributed by atoms with E-state index in [4.69, 9.17) is 11.6 Å². The van der Waals surface area contributed by atoms with Crippen molar-refractivity contribution in [2.24, 2.45) is 4.99 Å². The molecule has 1 fully saturated rings. The number of aryl methyl sites for hydroxylation is 1. The fourth-order valence-corrected chi connectivity index (χ4v) is 4.55. The van der Waals surface area contributed by atoms with Crippen molar-refractivity contribution >= 4 is 28.9 Å². The van der Waals surface area contributed by atoms with Crippen molar-refractivity contribution in [3.05, 3.63) is 50.7 Å². The summed E-state index contributed by atoms with van der Waals surface area (Å²) in [5.41, 5.74) is 0.557. The minimum Gasteiger partial charge on any atom is -0.354 e. The summed E-state index contributed by atoms with van der Waals surface area (Å²) in [5, 5.41) is 8.12. The Bertz CT molecular complexity index is 783. The monoisotopic (exact) mass is 423 g/mol. The van der Waals surface area contributed by atoms with Gasteiger partial charge in [-0.05, 0) is 44.5 Å². The number of likely N-dealkylation sites (tertiary alicyclic amines) is 1. The van der Waals surface area contributed by atoms with Crippen molar-refractivity contribution in [2.45, 2.75) is 38.8 Å². The lowest BCUT2D eigenvalue weighted by molar-refractivity contribution is 0.240. The van der Waals surface area contributed by atoms with E-state index in [1.165, 1.54) is 10.9 Å². The molecule has 28 heavy (non-hydrogen) atoms. The Hall–Kier alpha value is -1.70. The molecule has 1 unspecified atom stereocenters. The number of hydrogen-bond acceptors (Lipinski definition) is 4. The Balaban J connectivity index is 1.66. The summed E-state index contributed by atoms with van der Waals surface area (Å²) in [6, 6.07) is 4.74. The van der Waals surface area contributed by atoms with E-state index in [2.05, 4.69) is 32.4 Å². The molecule has 0 radical (unpaired) electrons. The summed E-state index contributed by atoms with van der Waals surface area (Å²) in [5.74, 6) is 0.411. The molecule has 1 aliphatic heterocycles. The van der Waals surface area contributed by atoms with Crippen LogP contribution in [-0.4, -0.2) is 42.5 Å². The maximum atomic E-state index is 14.6. The largest absolute Gasteiger partial charge is 0.354 e. The van der Waals surface area contributed by atoms with Crippen LogP contribution in [-0.2, 0) is 13.0 Å². The van der Waals surface area contributed by atoms with Crippen molar-refractivity contribution in [1.82, 2.24) is 20.5 Å².